The molecule has 134 valence electrons. The van der Waals surface area contributed by atoms with E-state index < -0.39 is 10.4 Å². The molecule has 0 aliphatic heterocycles. The van der Waals surface area contributed by atoms with E-state index in [9.17, 15) is 18.1 Å². The molecule has 3 rings (SSSR count). The summed E-state index contributed by atoms with van der Waals surface area (Å²) in [5.41, 5.74) is 3.21. The molecule has 0 saturated carbocycles. The summed E-state index contributed by atoms with van der Waals surface area (Å²) >= 11 is 0. The predicted molar refractivity (Wildman–Crippen MR) is 91.7 cm³/mol. The lowest BCUT2D eigenvalue weighted by Gasteiger charge is -2.06. The average Bonchev–Trinajstić information content (AvgIpc) is 2.92. The predicted octanol–water partition coefficient (Wildman–Crippen LogP) is 1.39. The molecule has 0 aliphatic carbocycles. The first-order valence-corrected chi connectivity index (χ1v) is 8.76. The van der Waals surface area contributed by atoms with Gasteiger partial charge in [0.15, 0.2) is 12.4 Å². The van der Waals surface area contributed by atoms with E-state index in [2.05, 4.69) is 22.5 Å². The van der Waals surface area contributed by atoms with E-state index in [1.165, 1.54) is 5.56 Å². The second kappa shape index (κ2) is 7.64. The van der Waals surface area contributed by atoms with Crippen molar-refractivity contribution in [3.8, 4) is 5.75 Å². The first-order chi connectivity index (χ1) is 11.7. The van der Waals surface area contributed by atoms with Gasteiger partial charge in [-0.05, 0) is 23.8 Å². The van der Waals surface area contributed by atoms with E-state index >= 15 is 0 Å². The molecule has 0 atom stereocenters. The van der Waals surface area contributed by atoms with Crippen molar-refractivity contribution < 1.29 is 26.8 Å². The zero-order valence-electron chi connectivity index (χ0n) is 14.2. The minimum atomic E-state index is -4.41. The van der Waals surface area contributed by atoms with Crippen molar-refractivity contribution >= 4 is 21.3 Å². The van der Waals surface area contributed by atoms with Crippen molar-refractivity contribution in [2.75, 3.05) is 7.11 Å². The van der Waals surface area contributed by atoms with Crippen LogP contribution in [0.5, 0.6) is 5.75 Å². The Bertz CT molecular complexity index is 980. The summed E-state index contributed by atoms with van der Waals surface area (Å²) in [7, 11) is 0.384. The number of aryl methyl sites for hydroxylation is 2. The SMILES string of the molecule is COS(=O)(=O)[O-].Cn1ccc2c(O)c(Cc3ccc[n+](C)c3)ccc21. The van der Waals surface area contributed by atoms with Gasteiger partial charge in [-0.3, -0.25) is 4.18 Å². The molecule has 0 saturated heterocycles. The highest BCUT2D eigenvalue weighted by molar-refractivity contribution is 7.80. The summed E-state index contributed by atoms with van der Waals surface area (Å²) in [5.74, 6) is 0.393. The van der Waals surface area contributed by atoms with E-state index in [4.69, 9.17) is 0 Å². The summed E-state index contributed by atoms with van der Waals surface area (Å²) in [4.78, 5) is 0. The van der Waals surface area contributed by atoms with Gasteiger partial charge in [0.1, 0.15) is 12.8 Å². The van der Waals surface area contributed by atoms with Crippen LogP contribution in [0.2, 0.25) is 0 Å². The molecule has 25 heavy (non-hydrogen) atoms. The summed E-state index contributed by atoms with van der Waals surface area (Å²) in [5, 5.41) is 11.3. The Kier molecular flexibility index (Phi) is 5.78. The monoisotopic (exact) mass is 364 g/mol. The van der Waals surface area contributed by atoms with Crippen molar-refractivity contribution in [2.45, 2.75) is 6.42 Å². The maximum atomic E-state index is 10.4. The van der Waals surface area contributed by atoms with Crippen molar-refractivity contribution in [3.63, 3.8) is 0 Å². The van der Waals surface area contributed by atoms with Crippen LogP contribution in [0.25, 0.3) is 10.9 Å². The van der Waals surface area contributed by atoms with Crippen LogP contribution in [-0.2, 0) is 35.1 Å². The number of phenols is 1. The number of phenolic OH excluding ortho intramolecular Hbond substituents is 1. The average molecular weight is 364 g/mol. The van der Waals surface area contributed by atoms with Gasteiger partial charge in [-0.15, -0.1) is 0 Å². The lowest BCUT2D eigenvalue weighted by atomic mass is 10.0. The molecule has 2 aromatic heterocycles. The fourth-order valence-corrected chi connectivity index (χ4v) is 2.50. The van der Waals surface area contributed by atoms with Crippen LogP contribution in [0, 0.1) is 0 Å². The van der Waals surface area contributed by atoms with E-state index in [0.717, 1.165) is 30.0 Å². The highest BCUT2D eigenvalue weighted by atomic mass is 32.3. The van der Waals surface area contributed by atoms with Gasteiger partial charge in [-0.2, -0.15) is 0 Å². The topological polar surface area (TPSA) is 95.5 Å². The Morgan fingerprint density at radius 3 is 2.56 bits per heavy atom. The van der Waals surface area contributed by atoms with Crippen LogP contribution >= 0.6 is 0 Å². The summed E-state index contributed by atoms with van der Waals surface area (Å²) in [6, 6.07) is 10.1. The normalized spacial score (nSPS) is 11.2. The Balaban J connectivity index is 0.000000326. The number of benzene rings is 1. The summed E-state index contributed by atoms with van der Waals surface area (Å²) in [6.45, 7) is 0. The quantitative estimate of drug-likeness (QED) is 0.430. The zero-order chi connectivity index (χ0) is 18.6. The number of pyridine rings is 1. The van der Waals surface area contributed by atoms with E-state index in [0.29, 0.717) is 5.75 Å². The Morgan fingerprint density at radius 2 is 1.96 bits per heavy atom. The molecule has 8 heteroatoms. The molecule has 1 N–H and O–H groups in total. The van der Waals surface area contributed by atoms with E-state index in [-0.39, 0.29) is 0 Å². The first kappa shape index (κ1) is 18.9. The molecule has 0 amide bonds. The van der Waals surface area contributed by atoms with Gasteiger partial charge < -0.3 is 14.2 Å². The van der Waals surface area contributed by atoms with Crippen LogP contribution in [0.15, 0.2) is 48.9 Å². The van der Waals surface area contributed by atoms with E-state index in [1.807, 2.05) is 53.8 Å². The fraction of sp³-hybridized carbons (Fsp3) is 0.235. The molecule has 0 fully saturated rings. The number of hydrogen-bond donors (Lipinski definition) is 1. The molecular weight excluding hydrogens is 344 g/mol. The Labute approximate surface area is 146 Å². The lowest BCUT2D eigenvalue weighted by molar-refractivity contribution is -0.671. The van der Waals surface area contributed by atoms with Crippen LogP contribution < -0.4 is 4.57 Å². The fourth-order valence-electron chi connectivity index (χ4n) is 2.50. The molecular formula is C17H20N2O5S. The minimum Gasteiger partial charge on any atom is -0.726 e. The van der Waals surface area contributed by atoms with Gasteiger partial charge in [0.25, 0.3) is 0 Å². The molecule has 0 bridgehead atoms. The first-order valence-electron chi connectivity index (χ1n) is 7.42. The van der Waals surface area contributed by atoms with Gasteiger partial charge in [0, 0.05) is 36.7 Å². The lowest BCUT2D eigenvalue weighted by Crippen LogP contribution is -2.26. The third kappa shape index (κ3) is 5.02. The maximum Gasteiger partial charge on any atom is 0.217 e. The summed E-state index contributed by atoms with van der Waals surface area (Å²) < 4.78 is 35.1. The molecule has 0 aliphatic rings. The molecule has 0 radical (unpaired) electrons. The van der Waals surface area contributed by atoms with E-state index in [1.54, 1.807) is 0 Å². The molecule has 2 heterocycles. The number of hydrogen-bond acceptors (Lipinski definition) is 5. The van der Waals surface area contributed by atoms with Crippen molar-refractivity contribution in [2.24, 2.45) is 14.1 Å². The van der Waals surface area contributed by atoms with Crippen LogP contribution in [0.1, 0.15) is 11.1 Å². The summed E-state index contributed by atoms with van der Waals surface area (Å²) in [6.07, 6.45) is 6.79. The van der Waals surface area contributed by atoms with Gasteiger partial charge in [0.2, 0.25) is 10.4 Å². The van der Waals surface area contributed by atoms with Crippen molar-refractivity contribution in [3.05, 3.63) is 60.0 Å². The number of rotatable bonds is 3. The van der Waals surface area contributed by atoms with Crippen LogP contribution in [-0.4, -0.2) is 29.8 Å². The minimum absolute atomic E-state index is 0.393. The Morgan fingerprint density at radius 1 is 1.28 bits per heavy atom. The largest absolute Gasteiger partial charge is 0.726 e. The van der Waals surface area contributed by atoms with Gasteiger partial charge in [0.05, 0.1) is 12.6 Å². The molecule has 3 aromatic rings. The number of nitrogens with zero attached hydrogens (tertiary/aromatic N) is 2. The number of aromatic nitrogens is 2. The second-order valence-electron chi connectivity index (χ2n) is 5.56. The third-order valence-electron chi connectivity index (χ3n) is 3.72. The van der Waals surface area contributed by atoms with Crippen LogP contribution in [0.4, 0.5) is 0 Å². The molecule has 0 unspecified atom stereocenters. The number of aromatic hydroxyl groups is 1. The van der Waals surface area contributed by atoms with Gasteiger partial charge in [-0.25, -0.2) is 13.0 Å². The van der Waals surface area contributed by atoms with Crippen LogP contribution in [0.3, 0.4) is 0 Å². The molecule has 0 spiro atoms. The highest BCUT2D eigenvalue weighted by Gasteiger charge is 2.10. The maximum absolute atomic E-state index is 10.4. The van der Waals surface area contributed by atoms with Crippen molar-refractivity contribution in [1.29, 1.82) is 0 Å². The number of fused-ring (bicyclic) bond motifs is 1. The highest BCUT2D eigenvalue weighted by Crippen LogP contribution is 2.30. The zero-order valence-corrected chi connectivity index (χ0v) is 15.0. The van der Waals surface area contributed by atoms with Crippen molar-refractivity contribution in [1.82, 2.24) is 4.57 Å². The van der Waals surface area contributed by atoms with Gasteiger partial charge in [-0.1, -0.05) is 6.07 Å². The second-order valence-corrected chi connectivity index (χ2v) is 6.71. The molecule has 7 nitrogen and oxygen atoms in total. The molecule has 1 aromatic carbocycles. The standard InChI is InChI=1S/C16H16N2O.CH4O4S/c1-17-8-3-4-12(11-17)10-13-5-6-15-14(16(13)19)7-9-18(15)2;1-5-6(2,3)4/h3-9,11H,10H2,1-2H3;1H3,(H,2,3,4). The smallest absolute Gasteiger partial charge is 0.217 e. The van der Waals surface area contributed by atoms with Gasteiger partial charge >= 0.3 is 0 Å². The Hall–Kier alpha value is -2.42. The third-order valence-corrected chi connectivity index (χ3v) is 4.13.